The second kappa shape index (κ2) is 3.65. The Hall–Kier alpha value is -0.330. The molecule has 0 aromatic rings. The quantitative estimate of drug-likeness (QED) is 0.495. The number of carbonyl (C=O) groups excluding carboxylic acids is 1. The molecule has 1 aliphatic rings. The van der Waals surface area contributed by atoms with E-state index >= 15 is 0 Å². The van der Waals surface area contributed by atoms with Crippen LogP contribution in [-0.4, -0.2) is 6.29 Å². The Morgan fingerprint density at radius 3 is 2.33 bits per heavy atom. The van der Waals surface area contributed by atoms with E-state index in [9.17, 15) is 4.79 Å². The van der Waals surface area contributed by atoms with E-state index in [1.807, 2.05) is 0 Å². The molecular formula is C8H16O. The summed E-state index contributed by atoms with van der Waals surface area (Å²) in [4.78, 5) is 10.2. The molecule has 0 heterocycles. The van der Waals surface area contributed by atoms with Crippen LogP contribution in [0.2, 0.25) is 0 Å². The highest BCUT2D eigenvalue weighted by molar-refractivity contribution is 5.53. The van der Waals surface area contributed by atoms with E-state index in [-0.39, 0.29) is 7.43 Å². The number of hydrogen-bond acceptors (Lipinski definition) is 1. The fourth-order valence-corrected chi connectivity index (χ4v) is 1.37. The molecule has 0 amide bonds. The predicted octanol–water partition coefficient (Wildman–Crippen LogP) is 2.26. The molecule has 0 saturated heterocycles. The first-order valence-electron chi connectivity index (χ1n) is 3.28. The lowest BCUT2D eigenvalue weighted by Crippen LogP contribution is -1.93. The summed E-state index contributed by atoms with van der Waals surface area (Å²) < 4.78 is 0. The van der Waals surface area contributed by atoms with Gasteiger partial charge in [0, 0.05) is 5.92 Å². The summed E-state index contributed by atoms with van der Waals surface area (Å²) in [6.45, 7) is 2.21. The molecule has 1 rings (SSSR count). The van der Waals surface area contributed by atoms with Gasteiger partial charge in [-0.25, -0.2) is 0 Å². The van der Waals surface area contributed by atoms with Crippen LogP contribution in [0.25, 0.3) is 0 Å². The molecule has 2 atom stereocenters. The minimum absolute atomic E-state index is 0. The zero-order valence-electron chi connectivity index (χ0n) is 5.26. The maximum Gasteiger partial charge on any atom is 0.123 e. The third kappa shape index (κ3) is 2.17. The lowest BCUT2D eigenvalue weighted by molar-refractivity contribution is -0.110. The fraction of sp³-hybridized carbons (Fsp3) is 0.875. The minimum Gasteiger partial charge on any atom is -0.303 e. The van der Waals surface area contributed by atoms with Crippen LogP contribution < -0.4 is 0 Å². The SMILES string of the molecule is C.CC1CCC(C=O)C1. The normalized spacial score (nSPS) is 33.4. The molecule has 1 heteroatoms. The van der Waals surface area contributed by atoms with E-state index in [0.717, 1.165) is 25.0 Å². The Morgan fingerprint density at radius 2 is 2.11 bits per heavy atom. The lowest BCUT2D eigenvalue weighted by Gasteiger charge is -1.95. The van der Waals surface area contributed by atoms with Crippen molar-refractivity contribution in [1.29, 1.82) is 0 Å². The second-order valence-electron chi connectivity index (χ2n) is 2.81. The zero-order valence-corrected chi connectivity index (χ0v) is 5.26. The third-order valence-electron chi connectivity index (χ3n) is 1.93. The first kappa shape index (κ1) is 8.67. The molecule has 0 radical (unpaired) electrons. The van der Waals surface area contributed by atoms with Gasteiger partial charge in [0.1, 0.15) is 6.29 Å². The Labute approximate surface area is 57.5 Å². The summed E-state index contributed by atoms with van der Waals surface area (Å²) in [5.74, 6) is 1.19. The molecule has 2 unspecified atom stereocenters. The van der Waals surface area contributed by atoms with Crippen molar-refractivity contribution in [2.45, 2.75) is 33.6 Å². The van der Waals surface area contributed by atoms with Crippen molar-refractivity contribution in [3.05, 3.63) is 0 Å². The number of rotatable bonds is 1. The molecule has 0 aromatic heterocycles. The molecule has 0 aromatic carbocycles. The monoisotopic (exact) mass is 128 g/mol. The van der Waals surface area contributed by atoms with Gasteiger partial charge in [0.15, 0.2) is 0 Å². The second-order valence-corrected chi connectivity index (χ2v) is 2.81. The predicted molar refractivity (Wildman–Crippen MR) is 39.3 cm³/mol. The summed E-state index contributed by atoms with van der Waals surface area (Å²) in [7, 11) is 0. The topological polar surface area (TPSA) is 17.1 Å². The molecule has 0 bridgehead atoms. The van der Waals surface area contributed by atoms with Gasteiger partial charge in [-0.15, -0.1) is 0 Å². The van der Waals surface area contributed by atoms with Gasteiger partial charge in [0.25, 0.3) is 0 Å². The van der Waals surface area contributed by atoms with E-state index in [4.69, 9.17) is 0 Å². The maximum atomic E-state index is 10.2. The first-order valence-corrected chi connectivity index (χ1v) is 3.28. The standard InChI is InChI=1S/C7H12O.CH4/c1-6-2-3-7(4-6)5-8;/h5-7H,2-4H2,1H3;1H4. The Balaban J connectivity index is 0.000000640. The van der Waals surface area contributed by atoms with E-state index in [1.54, 1.807) is 0 Å². The molecule has 1 saturated carbocycles. The zero-order chi connectivity index (χ0) is 5.98. The van der Waals surface area contributed by atoms with Crippen LogP contribution in [0.1, 0.15) is 33.6 Å². The van der Waals surface area contributed by atoms with Crippen LogP contribution in [0.15, 0.2) is 0 Å². The van der Waals surface area contributed by atoms with Gasteiger partial charge in [-0.2, -0.15) is 0 Å². The molecule has 0 N–H and O–H groups in total. The van der Waals surface area contributed by atoms with Crippen molar-refractivity contribution < 1.29 is 4.79 Å². The van der Waals surface area contributed by atoms with Crippen molar-refractivity contribution in [1.82, 2.24) is 0 Å². The molecule has 54 valence electrons. The van der Waals surface area contributed by atoms with E-state index in [1.165, 1.54) is 6.42 Å². The maximum absolute atomic E-state index is 10.2. The van der Waals surface area contributed by atoms with Gasteiger partial charge in [-0.3, -0.25) is 0 Å². The summed E-state index contributed by atoms with van der Waals surface area (Å²) in [5.41, 5.74) is 0. The average Bonchev–Trinajstić information content (AvgIpc) is 2.14. The van der Waals surface area contributed by atoms with Gasteiger partial charge in [0.2, 0.25) is 0 Å². The van der Waals surface area contributed by atoms with Gasteiger partial charge in [-0.05, 0) is 18.8 Å². The number of carbonyl (C=O) groups is 1. The van der Waals surface area contributed by atoms with Gasteiger partial charge in [-0.1, -0.05) is 20.8 Å². The number of hydrogen-bond donors (Lipinski definition) is 0. The largest absolute Gasteiger partial charge is 0.303 e. The molecule has 0 aliphatic heterocycles. The summed E-state index contributed by atoms with van der Waals surface area (Å²) in [6.07, 6.45) is 4.61. The Bertz CT molecular complexity index is 88.6. The Kier molecular flexibility index (Phi) is 3.52. The molecule has 1 nitrogen and oxygen atoms in total. The van der Waals surface area contributed by atoms with Gasteiger partial charge < -0.3 is 4.79 Å². The summed E-state index contributed by atoms with van der Waals surface area (Å²) in [5, 5.41) is 0. The minimum atomic E-state index is 0. The summed E-state index contributed by atoms with van der Waals surface area (Å²) >= 11 is 0. The van der Waals surface area contributed by atoms with Crippen molar-refractivity contribution in [2.24, 2.45) is 11.8 Å². The highest BCUT2D eigenvalue weighted by Crippen LogP contribution is 2.28. The van der Waals surface area contributed by atoms with E-state index < -0.39 is 0 Å². The first-order chi connectivity index (χ1) is 3.83. The van der Waals surface area contributed by atoms with Crippen LogP contribution in [0.3, 0.4) is 0 Å². The van der Waals surface area contributed by atoms with Crippen LogP contribution in [0.5, 0.6) is 0 Å². The van der Waals surface area contributed by atoms with E-state index in [2.05, 4.69) is 6.92 Å². The molecule has 9 heavy (non-hydrogen) atoms. The van der Waals surface area contributed by atoms with Gasteiger partial charge in [0.05, 0.1) is 0 Å². The van der Waals surface area contributed by atoms with Crippen LogP contribution in [-0.2, 0) is 4.79 Å². The fourth-order valence-electron chi connectivity index (χ4n) is 1.37. The summed E-state index contributed by atoms with van der Waals surface area (Å²) in [6, 6.07) is 0. The molecule has 0 spiro atoms. The van der Waals surface area contributed by atoms with Crippen molar-refractivity contribution in [3.8, 4) is 0 Å². The van der Waals surface area contributed by atoms with Crippen LogP contribution >= 0.6 is 0 Å². The highest BCUT2D eigenvalue weighted by Gasteiger charge is 2.19. The number of aldehydes is 1. The van der Waals surface area contributed by atoms with Crippen LogP contribution in [0.4, 0.5) is 0 Å². The third-order valence-corrected chi connectivity index (χ3v) is 1.93. The molecule has 1 aliphatic carbocycles. The van der Waals surface area contributed by atoms with Crippen molar-refractivity contribution in [2.75, 3.05) is 0 Å². The highest BCUT2D eigenvalue weighted by atomic mass is 16.1. The van der Waals surface area contributed by atoms with Crippen LogP contribution in [0, 0.1) is 11.8 Å². The Morgan fingerprint density at radius 1 is 1.44 bits per heavy atom. The molecule has 1 fully saturated rings. The van der Waals surface area contributed by atoms with E-state index in [0.29, 0.717) is 5.92 Å². The average molecular weight is 128 g/mol. The van der Waals surface area contributed by atoms with Crippen molar-refractivity contribution >= 4 is 6.29 Å². The molecular weight excluding hydrogens is 112 g/mol. The van der Waals surface area contributed by atoms with Gasteiger partial charge >= 0.3 is 0 Å². The smallest absolute Gasteiger partial charge is 0.123 e. The van der Waals surface area contributed by atoms with Crippen molar-refractivity contribution in [3.63, 3.8) is 0 Å². The lowest BCUT2D eigenvalue weighted by atomic mass is 10.1.